The molecule has 1 atom stereocenters. The van der Waals surface area contributed by atoms with Crippen LogP contribution in [0.2, 0.25) is 0 Å². The van der Waals surface area contributed by atoms with E-state index < -0.39 is 6.10 Å². The van der Waals surface area contributed by atoms with E-state index in [0.717, 1.165) is 5.56 Å². The average Bonchev–Trinajstić information content (AvgIpc) is 2.67. The maximum absolute atomic E-state index is 13.0. The third-order valence-electron chi connectivity index (χ3n) is 4.32. The number of urea groups is 1. The number of nitrogens with zero attached hydrogens (tertiary/aromatic N) is 1. The summed E-state index contributed by atoms with van der Waals surface area (Å²) in [6.07, 6.45) is -0.755. The lowest BCUT2D eigenvalue weighted by Crippen LogP contribution is -2.42. The van der Waals surface area contributed by atoms with Gasteiger partial charge in [-0.2, -0.15) is 0 Å². The number of amides is 2. The topological polar surface area (TPSA) is 71.0 Å². The Morgan fingerprint density at radius 1 is 1.11 bits per heavy atom. The van der Waals surface area contributed by atoms with Crippen LogP contribution in [0.4, 0.5) is 10.5 Å². The maximum atomic E-state index is 13.0. The Balaban J connectivity index is 1.73. The SMILES string of the molecule is CC(C)(C)CN(C[C@@H](O)c1ccccc1)C(=O)Nc1ccc2c(c1)OCCO2. The Kier molecular flexibility index (Phi) is 6.09. The van der Waals surface area contributed by atoms with Gasteiger partial charge < -0.3 is 24.8 Å². The third-order valence-corrected chi connectivity index (χ3v) is 4.32. The highest BCUT2D eigenvalue weighted by Gasteiger charge is 2.24. The quantitative estimate of drug-likeness (QED) is 0.815. The second-order valence-electron chi connectivity index (χ2n) is 8.16. The van der Waals surface area contributed by atoms with Crippen molar-refractivity contribution in [1.82, 2.24) is 4.90 Å². The zero-order valence-corrected chi connectivity index (χ0v) is 16.6. The predicted molar refractivity (Wildman–Crippen MR) is 109 cm³/mol. The van der Waals surface area contributed by atoms with Crippen LogP contribution in [-0.4, -0.2) is 42.3 Å². The standard InChI is InChI=1S/C22H28N2O4/c1-22(2,3)15-24(14-18(25)16-7-5-4-6-8-16)21(26)23-17-9-10-19-20(13-17)28-12-11-27-19/h4-10,13,18,25H,11-12,14-15H2,1-3H3,(H,23,26)/t18-/m1/s1. The van der Waals surface area contributed by atoms with Crippen LogP contribution in [-0.2, 0) is 0 Å². The molecule has 0 unspecified atom stereocenters. The molecule has 0 aliphatic carbocycles. The van der Waals surface area contributed by atoms with Crippen molar-refractivity contribution in [3.63, 3.8) is 0 Å². The number of anilines is 1. The summed E-state index contributed by atoms with van der Waals surface area (Å²) in [7, 11) is 0. The second-order valence-corrected chi connectivity index (χ2v) is 8.16. The van der Waals surface area contributed by atoms with Gasteiger partial charge >= 0.3 is 6.03 Å². The van der Waals surface area contributed by atoms with Crippen molar-refractivity contribution < 1.29 is 19.4 Å². The first-order valence-electron chi connectivity index (χ1n) is 9.50. The molecule has 0 saturated carbocycles. The van der Waals surface area contributed by atoms with Crippen LogP contribution in [0.15, 0.2) is 48.5 Å². The van der Waals surface area contributed by atoms with Crippen LogP contribution in [0.25, 0.3) is 0 Å². The molecule has 2 aromatic rings. The molecule has 6 nitrogen and oxygen atoms in total. The maximum Gasteiger partial charge on any atom is 0.321 e. The van der Waals surface area contributed by atoms with Crippen LogP contribution in [0, 0.1) is 5.41 Å². The summed E-state index contributed by atoms with van der Waals surface area (Å²) in [6.45, 7) is 7.91. The Morgan fingerprint density at radius 2 is 1.79 bits per heavy atom. The molecule has 0 bridgehead atoms. The summed E-state index contributed by atoms with van der Waals surface area (Å²) in [5.74, 6) is 1.30. The van der Waals surface area contributed by atoms with Crippen molar-refractivity contribution in [3.8, 4) is 11.5 Å². The first kappa shape index (κ1) is 20.0. The summed E-state index contributed by atoms with van der Waals surface area (Å²) in [4.78, 5) is 14.6. The van der Waals surface area contributed by atoms with Crippen LogP contribution in [0.3, 0.4) is 0 Å². The molecule has 0 spiro atoms. The van der Waals surface area contributed by atoms with E-state index in [4.69, 9.17) is 9.47 Å². The molecule has 0 radical (unpaired) electrons. The van der Waals surface area contributed by atoms with E-state index in [2.05, 4.69) is 26.1 Å². The summed E-state index contributed by atoms with van der Waals surface area (Å²) in [5.41, 5.74) is 1.30. The smallest absolute Gasteiger partial charge is 0.321 e. The van der Waals surface area contributed by atoms with Crippen molar-refractivity contribution in [2.24, 2.45) is 5.41 Å². The van der Waals surface area contributed by atoms with E-state index in [1.165, 1.54) is 0 Å². The fraction of sp³-hybridized carbons (Fsp3) is 0.409. The zero-order chi connectivity index (χ0) is 20.1. The Labute approximate surface area is 166 Å². The van der Waals surface area contributed by atoms with Gasteiger partial charge in [0.25, 0.3) is 0 Å². The van der Waals surface area contributed by atoms with Crippen molar-refractivity contribution >= 4 is 11.7 Å². The van der Waals surface area contributed by atoms with Gasteiger partial charge in [-0.25, -0.2) is 4.79 Å². The first-order chi connectivity index (χ1) is 13.3. The molecule has 2 N–H and O–H groups in total. The van der Waals surface area contributed by atoms with Crippen LogP contribution in [0.1, 0.15) is 32.4 Å². The fourth-order valence-corrected chi connectivity index (χ4v) is 3.10. The molecule has 28 heavy (non-hydrogen) atoms. The van der Waals surface area contributed by atoms with E-state index in [0.29, 0.717) is 36.9 Å². The van der Waals surface area contributed by atoms with E-state index in [-0.39, 0.29) is 18.0 Å². The molecule has 150 valence electrons. The number of rotatable bonds is 5. The van der Waals surface area contributed by atoms with Gasteiger partial charge in [0.2, 0.25) is 0 Å². The molecule has 1 heterocycles. The summed E-state index contributed by atoms with van der Waals surface area (Å²) in [5, 5.41) is 13.5. The van der Waals surface area contributed by atoms with Gasteiger partial charge in [0.15, 0.2) is 11.5 Å². The predicted octanol–water partition coefficient (Wildman–Crippen LogP) is 4.07. The summed E-state index contributed by atoms with van der Waals surface area (Å²) >= 11 is 0. The monoisotopic (exact) mass is 384 g/mol. The number of carbonyl (C=O) groups excluding carboxylic acids is 1. The number of hydrogen-bond acceptors (Lipinski definition) is 4. The number of fused-ring (bicyclic) bond motifs is 1. The van der Waals surface area contributed by atoms with Gasteiger partial charge in [0.1, 0.15) is 13.2 Å². The highest BCUT2D eigenvalue weighted by Crippen LogP contribution is 2.32. The number of aliphatic hydroxyl groups is 1. The largest absolute Gasteiger partial charge is 0.486 e. The molecule has 2 aromatic carbocycles. The normalized spacial score (nSPS) is 14.3. The zero-order valence-electron chi connectivity index (χ0n) is 16.6. The van der Waals surface area contributed by atoms with E-state index >= 15 is 0 Å². The molecule has 0 fully saturated rings. The minimum atomic E-state index is -0.755. The number of benzene rings is 2. The van der Waals surface area contributed by atoms with Crippen molar-refractivity contribution in [1.29, 1.82) is 0 Å². The number of hydrogen-bond donors (Lipinski definition) is 2. The van der Waals surface area contributed by atoms with E-state index in [1.54, 1.807) is 23.1 Å². The Hall–Kier alpha value is -2.73. The number of carbonyl (C=O) groups is 1. The fourth-order valence-electron chi connectivity index (χ4n) is 3.10. The molecule has 0 saturated heterocycles. The second kappa shape index (κ2) is 8.52. The minimum Gasteiger partial charge on any atom is -0.486 e. The Bertz CT molecular complexity index is 802. The average molecular weight is 384 g/mol. The highest BCUT2D eigenvalue weighted by atomic mass is 16.6. The molecule has 3 rings (SSSR count). The molecule has 6 heteroatoms. The molecular formula is C22H28N2O4. The van der Waals surface area contributed by atoms with Crippen LogP contribution in [0.5, 0.6) is 11.5 Å². The minimum absolute atomic E-state index is 0.111. The van der Waals surface area contributed by atoms with Gasteiger partial charge in [0, 0.05) is 18.3 Å². The van der Waals surface area contributed by atoms with Gasteiger partial charge in [-0.15, -0.1) is 0 Å². The third kappa shape index (κ3) is 5.39. The number of aliphatic hydroxyl groups excluding tert-OH is 1. The molecule has 2 amide bonds. The molecule has 1 aliphatic heterocycles. The van der Waals surface area contributed by atoms with Crippen molar-refractivity contribution in [2.45, 2.75) is 26.9 Å². The molecular weight excluding hydrogens is 356 g/mol. The number of ether oxygens (including phenoxy) is 2. The lowest BCUT2D eigenvalue weighted by atomic mass is 9.95. The van der Waals surface area contributed by atoms with Crippen molar-refractivity contribution in [2.75, 3.05) is 31.6 Å². The summed E-state index contributed by atoms with van der Waals surface area (Å²) < 4.78 is 11.1. The van der Waals surface area contributed by atoms with E-state index in [1.807, 2.05) is 30.3 Å². The van der Waals surface area contributed by atoms with Gasteiger partial charge in [-0.3, -0.25) is 0 Å². The lowest BCUT2D eigenvalue weighted by molar-refractivity contribution is 0.110. The van der Waals surface area contributed by atoms with Gasteiger partial charge in [0.05, 0.1) is 12.6 Å². The summed E-state index contributed by atoms with van der Waals surface area (Å²) in [6, 6.07) is 14.4. The highest BCUT2D eigenvalue weighted by molar-refractivity contribution is 5.89. The molecule has 1 aliphatic rings. The van der Waals surface area contributed by atoms with Crippen LogP contribution < -0.4 is 14.8 Å². The lowest BCUT2D eigenvalue weighted by Gasteiger charge is -2.32. The van der Waals surface area contributed by atoms with Crippen molar-refractivity contribution in [3.05, 3.63) is 54.1 Å². The van der Waals surface area contributed by atoms with Crippen LogP contribution >= 0.6 is 0 Å². The van der Waals surface area contributed by atoms with Gasteiger partial charge in [-0.05, 0) is 23.1 Å². The van der Waals surface area contributed by atoms with Gasteiger partial charge in [-0.1, -0.05) is 51.1 Å². The van der Waals surface area contributed by atoms with E-state index in [9.17, 15) is 9.90 Å². The number of nitrogens with one attached hydrogen (secondary N) is 1. The molecule has 0 aromatic heterocycles. The Morgan fingerprint density at radius 3 is 2.46 bits per heavy atom. The first-order valence-corrected chi connectivity index (χ1v) is 9.50.